The van der Waals surface area contributed by atoms with Gasteiger partial charge in [0.25, 0.3) is 0 Å². The predicted octanol–water partition coefficient (Wildman–Crippen LogP) is 12.8. The van der Waals surface area contributed by atoms with Crippen molar-refractivity contribution in [2.24, 2.45) is 0 Å². The Morgan fingerprint density at radius 3 is 1.92 bits per heavy atom. The van der Waals surface area contributed by atoms with Crippen LogP contribution in [0.4, 0.5) is 0 Å². The zero-order chi connectivity index (χ0) is 32.5. The normalized spacial score (nSPS) is 17.1. The van der Waals surface area contributed by atoms with Gasteiger partial charge in [0.2, 0.25) is 0 Å². The summed E-state index contributed by atoms with van der Waals surface area (Å²) in [7, 11) is 0. The topological polar surface area (TPSA) is 0 Å². The van der Waals surface area contributed by atoms with Gasteiger partial charge in [-0.05, 0) is 85.5 Å². The number of benzene rings is 7. The quantitative estimate of drug-likeness (QED) is 0.174. The molecule has 0 N–H and O–H groups in total. The molecule has 0 radical (unpaired) electrons. The minimum absolute atomic E-state index is 0.0437. The van der Waals surface area contributed by atoms with E-state index >= 15 is 0 Å². The predicted molar refractivity (Wildman–Crippen MR) is 205 cm³/mol. The number of fused-ring (bicyclic) bond motifs is 7. The summed E-state index contributed by atoms with van der Waals surface area (Å²) in [6.07, 6.45) is 4.38. The van der Waals surface area contributed by atoms with Crippen LogP contribution in [-0.2, 0) is 10.8 Å². The molecule has 230 valence electrons. The second kappa shape index (κ2) is 11.0. The third-order valence-electron chi connectivity index (χ3n) is 10.8. The van der Waals surface area contributed by atoms with Crippen molar-refractivity contribution in [2.45, 2.75) is 41.4 Å². The van der Waals surface area contributed by atoms with Crippen molar-refractivity contribution in [1.29, 1.82) is 0 Å². The van der Waals surface area contributed by atoms with Gasteiger partial charge in [-0.1, -0.05) is 177 Å². The lowest BCUT2D eigenvalue weighted by Gasteiger charge is -2.40. The van der Waals surface area contributed by atoms with Gasteiger partial charge in [-0.15, -0.1) is 0 Å². The molecule has 9 rings (SSSR count). The van der Waals surface area contributed by atoms with E-state index in [1.165, 1.54) is 81.8 Å². The van der Waals surface area contributed by atoms with Crippen LogP contribution in [0.2, 0.25) is 0 Å². The molecular formula is C47H36S. The summed E-state index contributed by atoms with van der Waals surface area (Å²) < 4.78 is 0. The summed E-state index contributed by atoms with van der Waals surface area (Å²) in [5.41, 5.74) is 14.3. The maximum atomic E-state index is 2.44. The van der Waals surface area contributed by atoms with Gasteiger partial charge in [-0.25, -0.2) is 0 Å². The van der Waals surface area contributed by atoms with Crippen LogP contribution >= 0.6 is 11.8 Å². The standard InChI is InChI=1S/C47H36S/c1-46(2)39-19-11-10-17-38(39)43-40(46)27-28-42-45(43)48-44-37(18-12-20-41(44)47(42,3)36-15-8-5-9-16-36)35-26-25-33-29-32(23-24-34(33)30-35)22-21-31-13-6-4-7-14-31/h4-30H,1-3H3. The highest BCUT2D eigenvalue weighted by atomic mass is 32.2. The summed E-state index contributed by atoms with van der Waals surface area (Å²) in [5, 5.41) is 2.51. The number of rotatable bonds is 4. The highest BCUT2D eigenvalue weighted by Crippen LogP contribution is 2.61. The molecule has 0 fully saturated rings. The summed E-state index contributed by atoms with van der Waals surface area (Å²) in [4.78, 5) is 2.75. The number of hydrogen-bond acceptors (Lipinski definition) is 1. The Labute approximate surface area is 287 Å². The van der Waals surface area contributed by atoms with Gasteiger partial charge in [-0.3, -0.25) is 0 Å². The van der Waals surface area contributed by atoms with Crippen molar-refractivity contribution in [1.82, 2.24) is 0 Å². The average molecular weight is 633 g/mol. The molecule has 0 aromatic heterocycles. The third-order valence-corrected chi connectivity index (χ3v) is 12.1. The van der Waals surface area contributed by atoms with Crippen LogP contribution in [0.5, 0.6) is 0 Å². The Hall–Kier alpha value is -5.11. The Morgan fingerprint density at radius 1 is 0.458 bits per heavy atom. The first-order valence-electron chi connectivity index (χ1n) is 16.8. The van der Waals surface area contributed by atoms with Crippen LogP contribution < -0.4 is 0 Å². The summed E-state index contributed by atoms with van der Waals surface area (Å²) in [5.74, 6) is 0. The van der Waals surface area contributed by atoms with Gasteiger partial charge in [0.05, 0.1) is 0 Å². The number of hydrogen-bond donors (Lipinski definition) is 0. The summed E-state index contributed by atoms with van der Waals surface area (Å²) >= 11 is 1.97. The molecule has 2 aliphatic rings. The Bertz CT molecular complexity index is 2400. The molecule has 0 spiro atoms. The molecular weight excluding hydrogens is 597 g/mol. The van der Waals surface area contributed by atoms with E-state index in [1.807, 2.05) is 11.8 Å². The van der Waals surface area contributed by atoms with Crippen molar-refractivity contribution in [3.63, 3.8) is 0 Å². The van der Waals surface area contributed by atoms with E-state index in [1.54, 1.807) is 0 Å². The lowest BCUT2D eigenvalue weighted by molar-refractivity contribution is 0.643. The molecule has 7 aromatic rings. The van der Waals surface area contributed by atoms with Gasteiger partial charge in [0.1, 0.15) is 0 Å². The van der Waals surface area contributed by atoms with Gasteiger partial charge in [0, 0.05) is 26.2 Å². The molecule has 1 aliphatic heterocycles. The lowest BCUT2D eigenvalue weighted by atomic mass is 9.69. The molecule has 1 unspecified atom stereocenters. The van der Waals surface area contributed by atoms with Crippen LogP contribution in [0.3, 0.4) is 0 Å². The Balaban J connectivity index is 1.21. The van der Waals surface area contributed by atoms with Crippen molar-refractivity contribution in [2.75, 3.05) is 0 Å². The smallest absolute Gasteiger partial charge is 0.0446 e. The second-order valence-corrected chi connectivity index (χ2v) is 14.9. The van der Waals surface area contributed by atoms with Gasteiger partial charge >= 0.3 is 0 Å². The van der Waals surface area contributed by atoms with Gasteiger partial charge in [-0.2, -0.15) is 0 Å². The third kappa shape index (κ3) is 4.38. The molecule has 0 nitrogen and oxygen atoms in total. The first-order chi connectivity index (χ1) is 23.4. The minimum Gasteiger partial charge on any atom is -0.0881 e. The molecule has 48 heavy (non-hydrogen) atoms. The van der Waals surface area contributed by atoms with Crippen LogP contribution in [0.25, 0.3) is 45.2 Å². The monoisotopic (exact) mass is 632 g/mol. The molecule has 0 saturated carbocycles. The van der Waals surface area contributed by atoms with E-state index in [0.29, 0.717) is 0 Å². The first-order valence-corrected chi connectivity index (χ1v) is 17.7. The van der Waals surface area contributed by atoms with Crippen molar-refractivity contribution in [3.8, 4) is 22.3 Å². The zero-order valence-corrected chi connectivity index (χ0v) is 28.3. The zero-order valence-electron chi connectivity index (χ0n) is 27.5. The fourth-order valence-electron chi connectivity index (χ4n) is 8.15. The Kier molecular flexibility index (Phi) is 6.64. The largest absolute Gasteiger partial charge is 0.0881 e. The lowest BCUT2D eigenvalue weighted by Crippen LogP contribution is -2.30. The van der Waals surface area contributed by atoms with Crippen LogP contribution in [-0.4, -0.2) is 0 Å². The molecule has 0 bridgehead atoms. The van der Waals surface area contributed by atoms with Gasteiger partial charge in [0.15, 0.2) is 0 Å². The van der Waals surface area contributed by atoms with Crippen molar-refractivity contribution >= 4 is 34.7 Å². The summed E-state index contributed by atoms with van der Waals surface area (Å²) in [6, 6.07) is 56.2. The molecule has 0 saturated heterocycles. The highest BCUT2D eigenvalue weighted by molar-refractivity contribution is 7.99. The van der Waals surface area contributed by atoms with E-state index < -0.39 is 0 Å². The molecule has 1 heterocycles. The fourth-order valence-corrected chi connectivity index (χ4v) is 9.74. The molecule has 0 amide bonds. The van der Waals surface area contributed by atoms with Crippen LogP contribution in [0.15, 0.2) is 161 Å². The van der Waals surface area contributed by atoms with E-state index in [4.69, 9.17) is 0 Å². The maximum Gasteiger partial charge on any atom is 0.0446 e. The van der Waals surface area contributed by atoms with E-state index in [9.17, 15) is 0 Å². The molecule has 1 heteroatoms. The van der Waals surface area contributed by atoms with E-state index in [0.717, 1.165) is 0 Å². The minimum atomic E-state index is -0.305. The fraction of sp³-hybridized carbons (Fsp3) is 0.106. The van der Waals surface area contributed by atoms with E-state index in [2.05, 4.69) is 185 Å². The van der Waals surface area contributed by atoms with Crippen LogP contribution in [0, 0.1) is 0 Å². The molecule has 7 aromatic carbocycles. The first kappa shape index (κ1) is 29.1. The highest BCUT2D eigenvalue weighted by Gasteiger charge is 2.44. The SMILES string of the molecule is CC1(C)c2ccccc2-c2c1ccc1c2Sc2c(-c3ccc4cc(C=Cc5ccccc5)ccc4c3)cccc2C1(C)c1ccccc1. The van der Waals surface area contributed by atoms with Crippen molar-refractivity contribution < 1.29 is 0 Å². The molecule has 1 aliphatic carbocycles. The van der Waals surface area contributed by atoms with Crippen LogP contribution in [0.1, 0.15) is 59.7 Å². The van der Waals surface area contributed by atoms with E-state index in [-0.39, 0.29) is 10.8 Å². The molecule has 1 atom stereocenters. The maximum absolute atomic E-state index is 2.44. The summed E-state index contributed by atoms with van der Waals surface area (Å²) in [6.45, 7) is 7.20. The van der Waals surface area contributed by atoms with Crippen molar-refractivity contribution in [3.05, 3.63) is 191 Å². The Morgan fingerprint density at radius 2 is 1.08 bits per heavy atom. The van der Waals surface area contributed by atoms with Gasteiger partial charge < -0.3 is 0 Å². The average Bonchev–Trinajstić information content (AvgIpc) is 3.37. The second-order valence-electron chi connectivity index (χ2n) is 13.9.